The summed E-state index contributed by atoms with van der Waals surface area (Å²) < 4.78 is 55.4. The van der Waals surface area contributed by atoms with Crippen molar-refractivity contribution >= 4 is 17.1 Å². The van der Waals surface area contributed by atoms with Gasteiger partial charge in [0.1, 0.15) is 10.8 Å². The van der Waals surface area contributed by atoms with E-state index in [2.05, 4.69) is 4.74 Å². The Morgan fingerprint density at radius 1 is 1.50 bits per heavy atom. The highest BCUT2D eigenvalue weighted by Gasteiger charge is 2.40. The quantitative estimate of drug-likeness (QED) is 0.652. The van der Waals surface area contributed by atoms with Crippen LogP contribution in [0.5, 0.6) is 0 Å². The van der Waals surface area contributed by atoms with Gasteiger partial charge in [0.2, 0.25) is 6.29 Å². The fraction of sp³-hybridized carbons (Fsp3) is 0.833. The van der Waals surface area contributed by atoms with Gasteiger partial charge >= 0.3 is 5.51 Å². The Morgan fingerprint density at radius 2 is 2.14 bits per heavy atom. The molecule has 14 heavy (non-hydrogen) atoms. The van der Waals surface area contributed by atoms with Crippen LogP contribution < -0.4 is 0 Å². The van der Waals surface area contributed by atoms with Crippen LogP contribution in [0.15, 0.2) is 0 Å². The number of carbonyl (C=O) groups excluding carboxylic acids is 1. The molecule has 82 valence electrons. The number of carbonyl (C=O) groups is 1. The third kappa shape index (κ3) is 3.03. The summed E-state index contributed by atoms with van der Waals surface area (Å²) in [7, 11) is -2.97. The van der Waals surface area contributed by atoms with E-state index in [9.17, 15) is 22.2 Å². The summed E-state index contributed by atoms with van der Waals surface area (Å²) >= 11 is 0. The SMILES string of the molecule is O=CC1OCC(CS(=O)C(F)(F)F)O1. The molecule has 0 bridgehead atoms. The Hall–Kier alpha value is -0.470. The number of hydrogen-bond donors (Lipinski definition) is 0. The van der Waals surface area contributed by atoms with Crippen molar-refractivity contribution in [3.8, 4) is 0 Å². The first-order valence-corrected chi connectivity index (χ1v) is 4.93. The van der Waals surface area contributed by atoms with Crippen LogP contribution in [-0.2, 0) is 25.1 Å². The lowest BCUT2D eigenvalue weighted by molar-refractivity contribution is -0.132. The van der Waals surface area contributed by atoms with Crippen molar-refractivity contribution in [3.05, 3.63) is 0 Å². The molecule has 0 amide bonds. The monoisotopic (exact) mass is 232 g/mol. The normalized spacial score (nSPS) is 30.2. The number of aldehydes is 1. The van der Waals surface area contributed by atoms with E-state index < -0.39 is 34.5 Å². The van der Waals surface area contributed by atoms with Crippen molar-refractivity contribution in [2.24, 2.45) is 0 Å². The minimum atomic E-state index is -4.75. The summed E-state index contributed by atoms with van der Waals surface area (Å²) in [4.78, 5) is 10.1. The number of ether oxygens (including phenoxy) is 2. The number of hydrogen-bond acceptors (Lipinski definition) is 4. The summed E-state index contributed by atoms with van der Waals surface area (Å²) in [5, 5.41) is 0. The summed E-state index contributed by atoms with van der Waals surface area (Å²) in [5.74, 6) is -0.701. The van der Waals surface area contributed by atoms with Gasteiger partial charge in [-0.15, -0.1) is 0 Å². The Morgan fingerprint density at radius 3 is 2.57 bits per heavy atom. The van der Waals surface area contributed by atoms with Gasteiger partial charge in [-0.2, -0.15) is 13.2 Å². The predicted octanol–water partition coefficient (Wildman–Crippen LogP) is 0.195. The van der Waals surface area contributed by atoms with Crippen molar-refractivity contribution in [1.29, 1.82) is 0 Å². The van der Waals surface area contributed by atoms with Crippen molar-refractivity contribution in [3.63, 3.8) is 0 Å². The molecule has 0 radical (unpaired) electrons. The van der Waals surface area contributed by atoms with Crippen LogP contribution in [0, 0.1) is 0 Å². The molecular weight excluding hydrogens is 225 g/mol. The highest BCUT2D eigenvalue weighted by molar-refractivity contribution is 7.85. The van der Waals surface area contributed by atoms with Crippen LogP contribution in [-0.4, -0.2) is 40.8 Å². The van der Waals surface area contributed by atoms with Crippen LogP contribution in [0.3, 0.4) is 0 Å². The van der Waals surface area contributed by atoms with Gasteiger partial charge in [-0.3, -0.25) is 9.00 Å². The van der Waals surface area contributed by atoms with Crippen molar-refractivity contribution in [2.75, 3.05) is 12.4 Å². The molecule has 8 heteroatoms. The highest BCUT2D eigenvalue weighted by Crippen LogP contribution is 2.22. The van der Waals surface area contributed by atoms with Crippen LogP contribution in [0.2, 0.25) is 0 Å². The number of halogens is 3. The zero-order valence-corrected chi connectivity index (χ0v) is 7.64. The minimum Gasteiger partial charge on any atom is -0.343 e. The van der Waals surface area contributed by atoms with Crippen LogP contribution >= 0.6 is 0 Å². The fourth-order valence-electron chi connectivity index (χ4n) is 0.892. The molecule has 0 aromatic rings. The molecule has 1 saturated heterocycles. The third-order valence-corrected chi connectivity index (χ3v) is 2.67. The largest absolute Gasteiger partial charge is 0.471 e. The van der Waals surface area contributed by atoms with Gasteiger partial charge in [0.15, 0.2) is 6.29 Å². The average molecular weight is 232 g/mol. The third-order valence-electron chi connectivity index (χ3n) is 1.48. The Kier molecular flexibility index (Phi) is 3.62. The molecule has 0 aromatic heterocycles. The smallest absolute Gasteiger partial charge is 0.343 e. The summed E-state index contributed by atoms with van der Waals surface area (Å²) in [6.07, 6.45) is -1.74. The number of rotatable bonds is 3. The second-order valence-electron chi connectivity index (χ2n) is 2.55. The van der Waals surface area contributed by atoms with Gasteiger partial charge in [0.25, 0.3) is 0 Å². The number of alkyl halides is 3. The van der Waals surface area contributed by atoms with E-state index in [4.69, 9.17) is 4.74 Å². The zero-order valence-electron chi connectivity index (χ0n) is 6.82. The van der Waals surface area contributed by atoms with Gasteiger partial charge < -0.3 is 9.47 Å². The van der Waals surface area contributed by atoms with Crippen molar-refractivity contribution in [1.82, 2.24) is 0 Å². The van der Waals surface area contributed by atoms with Crippen molar-refractivity contribution < 1.29 is 31.6 Å². The van der Waals surface area contributed by atoms with Gasteiger partial charge in [0, 0.05) is 0 Å². The maximum atomic E-state index is 11.8. The van der Waals surface area contributed by atoms with Gasteiger partial charge in [-0.05, 0) is 0 Å². The first kappa shape index (κ1) is 11.6. The second-order valence-corrected chi connectivity index (χ2v) is 4.04. The molecule has 1 fully saturated rings. The molecule has 0 saturated carbocycles. The average Bonchev–Trinajstić information content (AvgIpc) is 2.50. The van der Waals surface area contributed by atoms with Crippen LogP contribution in [0.4, 0.5) is 13.2 Å². The first-order chi connectivity index (χ1) is 6.43. The Bertz CT molecular complexity index is 242. The summed E-state index contributed by atoms with van der Waals surface area (Å²) in [6, 6.07) is 0. The molecule has 0 aromatic carbocycles. The molecule has 0 aliphatic carbocycles. The molecular formula is C6H7F3O4S. The fourth-order valence-corrected chi connectivity index (χ4v) is 1.59. The molecule has 4 nitrogen and oxygen atoms in total. The van der Waals surface area contributed by atoms with E-state index in [0.29, 0.717) is 6.29 Å². The van der Waals surface area contributed by atoms with Gasteiger partial charge in [-0.25, -0.2) is 0 Å². The van der Waals surface area contributed by atoms with E-state index in [0.717, 1.165) is 0 Å². The molecule has 1 rings (SSSR count). The molecule has 3 atom stereocenters. The lowest BCUT2D eigenvalue weighted by atomic mass is 10.4. The van der Waals surface area contributed by atoms with E-state index >= 15 is 0 Å². The molecule has 1 aliphatic heterocycles. The van der Waals surface area contributed by atoms with Crippen LogP contribution in [0.1, 0.15) is 0 Å². The zero-order chi connectivity index (χ0) is 10.8. The van der Waals surface area contributed by atoms with Gasteiger partial charge in [-0.1, -0.05) is 0 Å². The Labute approximate surface area is 79.8 Å². The maximum Gasteiger partial charge on any atom is 0.471 e. The molecule has 1 heterocycles. The second kappa shape index (κ2) is 4.37. The van der Waals surface area contributed by atoms with E-state index in [1.807, 2.05) is 0 Å². The topological polar surface area (TPSA) is 52.6 Å². The van der Waals surface area contributed by atoms with E-state index in [1.165, 1.54) is 0 Å². The van der Waals surface area contributed by atoms with Crippen molar-refractivity contribution in [2.45, 2.75) is 17.9 Å². The summed E-state index contributed by atoms with van der Waals surface area (Å²) in [6.45, 7) is -0.148. The lowest BCUT2D eigenvalue weighted by Crippen LogP contribution is -2.28. The first-order valence-electron chi connectivity index (χ1n) is 3.61. The minimum absolute atomic E-state index is 0.148. The Balaban J connectivity index is 2.40. The van der Waals surface area contributed by atoms with Crippen LogP contribution in [0.25, 0.3) is 0 Å². The molecule has 0 N–H and O–H groups in total. The van der Waals surface area contributed by atoms with E-state index in [-0.39, 0.29) is 6.61 Å². The molecule has 3 unspecified atom stereocenters. The predicted molar refractivity (Wildman–Crippen MR) is 39.7 cm³/mol. The summed E-state index contributed by atoms with van der Waals surface area (Å²) in [5.41, 5.74) is -4.75. The van der Waals surface area contributed by atoms with Gasteiger partial charge in [0.05, 0.1) is 18.5 Å². The standard InChI is InChI=1S/C6H7F3O4S/c7-6(8,9)14(11)3-4-2-12-5(1-10)13-4/h1,4-5H,2-3H2. The molecule has 1 aliphatic rings. The lowest BCUT2D eigenvalue weighted by Gasteiger charge is -2.09. The van der Waals surface area contributed by atoms with E-state index in [1.54, 1.807) is 0 Å². The maximum absolute atomic E-state index is 11.8. The highest BCUT2D eigenvalue weighted by atomic mass is 32.2. The molecule has 0 spiro atoms.